The topological polar surface area (TPSA) is 58.4 Å². The number of aromatic nitrogens is 2. The molecule has 1 aliphatic rings. The van der Waals surface area contributed by atoms with Crippen LogP contribution < -0.4 is 0 Å². The number of carboxylic acids is 1. The van der Waals surface area contributed by atoms with Crippen LogP contribution in [0.15, 0.2) is 6.20 Å². The van der Waals surface area contributed by atoms with Gasteiger partial charge in [-0.15, -0.1) is 0 Å². The van der Waals surface area contributed by atoms with Gasteiger partial charge in [-0.1, -0.05) is 0 Å². The van der Waals surface area contributed by atoms with Crippen LogP contribution in [-0.4, -0.2) is 45.9 Å². The number of carbonyl (C=O) groups is 1. The smallest absolute Gasteiger partial charge is 0.339 e. The van der Waals surface area contributed by atoms with E-state index >= 15 is 0 Å². The Bertz CT molecular complexity index is 400. The van der Waals surface area contributed by atoms with Crippen molar-refractivity contribution in [2.75, 3.05) is 20.1 Å². The van der Waals surface area contributed by atoms with Crippen molar-refractivity contribution in [1.29, 1.82) is 0 Å². The van der Waals surface area contributed by atoms with Crippen molar-refractivity contribution in [1.82, 2.24) is 14.7 Å². The lowest BCUT2D eigenvalue weighted by Crippen LogP contribution is -2.32. The third-order valence-electron chi connectivity index (χ3n) is 3.23. The molecule has 5 heteroatoms. The zero-order valence-corrected chi connectivity index (χ0v) is 9.68. The Morgan fingerprint density at radius 2 is 2.31 bits per heavy atom. The van der Waals surface area contributed by atoms with Crippen LogP contribution in [0.4, 0.5) is 0 Å². The summed E-state index contributed by atoms with van der Waals surface area (Å²) >= 11 is 0. The highest BCUT2D eigenvalue weighted by Crippen LogP contribution is 2.28. The molecule has 2 rings (SSSR count). The lowest BCUT2D eigenvalue weighted by atomic mass is 9.92. The molecule has 2 heterocycles. The summed E-state index contributed by atoms with van der Waals surface area (Å²) in [7, 11) is 3.89. The largest absolute Gasteiger partial charge is 0.478 e. The van der Waals surface area contributed by atoms with E-state index in [2.05, 4.69) is 17.0 Å². The second-order valence-corrected chi connectivity index (χ2v) is 4.47. The summed E-state index contributed by atoms with van der Waals surface area (Å²) in [5.74, 6) is -0.589. The highest BCUT2D eigenvalue weighted by molar-refractivity contribution is 5.88. The second kappa shape index (κ2) is 4.25. The van der Waals surface area contributed by atoms with Gasteiger partial charge in [0, 0.05) is 19.5 Å². The minimum absolute atomic E-state index is 0.289. The Kier molecular flexibility index (Phi) is 2.96. The zero-order valence-electron chi connectivity index (χ0n) is 9.68. The van der Waals surface area contributed by atoms with Gasteiger partial charge < -0.3 is 10.0 Å². The predicted molar refractivity (Wildman–Crippen MR) is 59.6 cm³/mol. The maximum atomic E-state index is 11.1. The van der Waals surface area contributed by atoms with Gasteiger partial charge in [0.2, 0.25) is 0 Å². The van der Waals surface area contributed by atoms with Gasteiger partial charge in [-0.3, -0.25) is 4.68 Å². The number of aryl methyl sites for hydroxylation is 1. The van der Waals surface area contributed by atoms with Gasteiger partial charge in [0.05, 0.1) is 11.9 Å². The monoisotopic (exact) mass is 223 g/mol. The molecule has 1 atom stereocenters. The van der Waals surface area contributed by atoms with E-state index in [1.54, 1.807) is 4.68 Å². The summed E-state index contributed by atoms with van der Waals surface area (Å²) in [5.41, 5.74) is 1.21. The van der Waals surface area contributed by atoms with Gasteiger partial charge in [0.15, 0.2) is 0 Å². The molecule has 1 saturated heterocycles. The van der Waals surface area contributed by atoms with Crippen LogP contribution in [0.3, 0.4) is 0 Å². The van der Waals surface area contributed by atoms with Crippen molar-refractivity contribution >= 4 is 5.97 Å². The lowest BCUT2D eigenvalue weighted by molar-refractivity contribution is 0.0694. The van der Waals surface area contributed by atoms with E-state index in [1.165, 1.54) is 6.20 Å². The maximum Gasteiger partial charge on any atom is 0.339 e. The molecule has 0 bridgehead atoms. The third kappa shape index (κ3) is 1.95. The number of likely N-dealkylation sites (N-methyl/N-ethyl adjacent to an activating group) is 1. The minimum Gasteiger partial charge on any atom is -0.478 e. The summed E-state index contributed by atoms with van der Waals surface area (Å²) in [5, 5.41) is 13.2. The van der Waals surface area contributed by atoms with E-state index in [0.29, 0.717) is 5.56 Å². The molecule has 1 aromatic rings. The summed E-state index contributed by atoms with van der Waals surface area (Å²) < 4.78 is 1.70. The quantitative estimate of drug-likeness (QED) is 0.810. The van der Waals surface area contributed by atoms with E-state index in [0.717, 1.165) is 31.6 Å². The van der Waals surface area contributed by atoms with Gasteiger partial charge in [-0.05, 0) is 26.4 Å². The molecule has 1 unspecified atom stereocenters. The first kappa shape index (κ1) is 11.1. The molecule has 5 nitrogen and oxygen atoms in total. The average Bonchev–Trinajstić information content (AvgIpc) is 2.60. The number of rotatable bonds is 2. The maximum absolute atomic E-state index is 11.1. The summed E-state index contributed by atoms with van der Waals surface area (Å²) in [6.45, 7) is 2.01. The Morgan fingerprint density at radius 3 is 2.94 bits per heavy atom. The Morgan fingerprint density at radius 1 is 1.56 bits per heavy atom. The molecule has 0 radical (unpaired) electrons. The molecule has 1 N–H and O–H groups in total. The van der Waals surface area contributed by atoms with Crippen LogP contribution in [0.1, 0.15) is 34.8 Å². The predicted octanol–water partition coefficient (Wildman–Crippen LogP) is 0.927. The molecule has 1 aromatic heterocycles. The van der Waals surface area contributed by atoms with Crippen molar-refractivity contribution in [2.45, 2.75) is 18.8 Å². The van der Waals surface area contributed by atoms with E-state index in [-0.39, 0.29) is 5.92 Å². The highest BCUT2D eigenvalue weighted by Gasteiger charge is 2.26. The standard InChI is InChI=1S/C11H17N3O2/c1-13-5-3-4-8(7-13)10-9(11(15)16)6-12-14(10)2/h6,8H,3-5,7H2,1-2H3,(H,15,16). The number of likely N-dealkylation sites (tertiary alicyclic amines) is 1. The average molecular weight is 223 g/mol. The Balaban J connectivity index is 2.31. The number of hydrogen-bond donors (Lipinski definition) is 1. The molecule has 0 aromatic carbocycles. The Labute approximate surface area is 94.7 Å². The fraction of sp³-hybridized carbons (Fsp3) is 0.636. The lowest BCUT2D eigenvalue weighted by Gasteiger charge is -2.30. The third-order valence-corrected chi connectivity index (χ3v) is 3.23. The van der Waals surface area contributed by atoms with E-state index in [9.17, 15) is 4.79 Å². The molecule has 0 spiro atoms. The second-order valence-electron chi connectivity index (χ2n) is 4.47. The molecule has 0 amide bonds. The van der Waals surface area contributed by atoms with Crippen LogP contribution >= 0.6 is 0 Å². The van der Waals surface area contributed by atoms with Crippen molar-refractivity contribution in [2.24, 2.45) is 7.05 Å². The van der Waals surface area contributed by atoms with Crippen molar-refractivity contribution in [3.05, 3.63) is 17.5 Å². The molecule has 1 fully saturated rings. The first-order valence-electron chi connectivity index (χ1n) is 5.53. The normalized spacial score (nSPS) is 22.2. The fourth-order valence-corrected chi connectivity index (χ4v) is 2.49. The highest BCUT2D eigenvalue weighted by atomic mass is 16.4. The van der Waals surface area contributed by atoms with Crippen LogP contribution in [0.5, 0.6) is 0 Å². The van der Waals surface area contributed by atoms with Crippen LogP contribution in [0.2, 0.25) is 0 Å². The number of carboxylic acid groups (broad SMARTS) is 1. The van der Waals surface area contributed by atoms with Gasteiger partial charge in [-0.2, -0.15) is 5.10 Å². The van der Waals surface area contributed by atoms with Crippen LogP contribution in [0.25, 0.3) is 0 Å². The summed E-state index contributed by atoms with van der Waals surface area (Å²) in [4.78, 5) is 13.3. The van der Waals surface area contributed by atoms with E-state index < -0.39 is 5.97 Å². The van der Waals surface area contributed by atoms with Crippen molar-refractivity contribution in [3.63, 3.8) is 0 Å². The molecule has 0 aliphatic carbocycles. The first-order chi connectivity index (χ1) is 7.59. The number of hydrogen-bond acceptors (Lipinski definition) is 3. The van der Waals surface area contributed by atoms with Gasteiger partial charge in [0.1, 0.15) is 5.56 Å². The fourth-order valence-electron chi connectivity index (χ4n) is 2.49. The van der Waals surface area contributed by atoms with Gasteiger partial charge >= 0.3 is 5.97 Å². The summed E-state index contributed by atoms with van der Waals surface area (Å²) in [6.07, 6.45) is 3.61. The SMILES string of the molecule is CN1CCCC(c2c(C(=O)O)cnn2C)C1. The molecule has 88 valence electrons. The number of piperidine rings is 1. The van der Waals surface area contributed by atoms with Crippen LogP contribution in [-0.2, 0) is 7.05 Å². The molecular weight excluding hydrogens is 206 g/mol. The molecule has 16 heavy (non-hydrogen) atoms. The minimum atomic E-state index is -0.878. The number of nitrogens with zero attached hydrogens (tertiary/aromatic N) is 3. The zero-order chi connectivity index (χ0) is 11.7. The summed E-state index contributed by atoms with van der Waals surface area (Å²) in [6, 6.07) is 0. The molecule has 1 aliphatic heterocycles. The molecule has 0 saturated carbocycles. The van der Waals surface area contributed by atoms with Crippen molar-refractivity contribution < 1.29 is 9.90 Å². The van der Waals surface area contributed by atoms with E-state index in [4.69, 9.17) is 5.11 Å². The van der Waals surface area contributed by atoms with Gasteiger partial charge in [-0.25, -0.2) is 4.79 Å². The molecular formula is C11H17N3O2. The van der Waals surface area contributed by atoms with Crippen LogP contribution in [0, 0.1) is 0 Å². The van der Waals surface area contributed by atoms with Gasteiger partial charge in [0.25, 0.3) is 0 Å². The first-order valence-corrected chi connectivity index (χ1v) is 5.53. The van der Waals surface area contributed by atoms with E-state index in [1.807, 2.05) is 7.05 Å². The Hall–Kier alpha value is -1.36. The number of aromatic carboxylic acids is 1. The van der Waals surface area contributed by atoms with Crippen molar-refractivity contribution in [3.8, 4) is 0 Å².